The van der Waals surface area contributed by atoms with Gasteiger partial charge in [0.15, 0.2) is 0 Å². The van der Waals surface area contributed by atoms with Gasteiger partial charge in [0.1, 0.15) is 5.82 Å². The highest BCUT2D eigenvalue weighted by atomic mass is 19.1. The van der Waals surface area contributed by atoms with Crippen molar-refractivity contribution < 1.29 is 4.39 Å². The fraction of sp³-hybridized carbons (Fsp3) is 0.385. The summed E-state index contributed by atoms with van der Waals surface area (Å²) in [4.78, 5) is 0. The molecule has 0 saturated carbocycles. The van der Waals surface area contributed by atoms with Crippen LogP contribution in [-0.4, -0.2) is 0 Å². The van der Waals surface area contributed by atoms with Crippen LogP contribution in [0.5, 0.6) is 0 Å². The summed E-state index contributed by atoms with van der Waals surface area (Å²) in [6.07, 6.45) is 1.70. The molecule has 0 aromatic heterocycles. The molecule has 0 saturated heterocycles. The average Bonchev–Trinajstić information content (AvgIpc) is 2.07. The van der Waals surface area contributed by atoms with E-state index in [1.54, 1.807) is 19.1 Å². The third kappa shape index (κ3) is 2.03. The maximum Gasteiger partial charge on any atom is 0.127 e. The van der Waals surface area contributed by atoms with Gasteiger partial charge >= 0.3 is 0 Å². The van der Waals surface area contributed by atoms with E-state index in [2.05, 4.69) is 27.4 Å². The van der Waals surface area contributed by atoms with Crippen LogP contribution in [0.4, 0.5) is 4.39 Å². The lowest BCUT2D eigenvalue weighted by atomic mass is 9.85. The van der Waals surface area contributed by atoms with Crippen LogP contribution in [0.1, 0.15) is 37.5 Å². The van der Waals surface area contributed by atoms with Crippen molar-refractivity contribution in [2.45, 2.75) is 33.1 Å². The van der Waals surface area contributed by atoms with Gasteiger partial charge in [-0.2, -0.15) is 0 Å². The second-order valence-corrected chi connectivity index (χ2v) is 4.63. The maximum atomic E-state index is 13.5. The lowest BCUT2D eigenvalue weighted by Gasteiger charge is -2.20. The Bertz CT molecular complexity index is 356. The molecule has 0 aliphatic rings. The molecule has 0 radical (unpaired) electrons. The number of benzene rings is 1. The molecule has 0 atom stereocenters. The molecule has 1 rings (SSSR count). The summed E-state index contributed by atoms with van der Waals surface area (Å²) >= 11 is 0. The first-order valence-electron chi connectivity index (χ1n) is 4.79. The predicted octanol–water partition coefficient (Wildman–Crippen LogP) is 4.07. The third-order valence-corrected chi connectivity index (χ3v) is 2.47. The van der Waals surface area contributed by atoms with Crippen molar-refractivity contribution >= 4 is 6.08 Å². The van der Waals surface area contributed by atoms with Crippen LogP contribution in [0.25, 0.3) is 6.08 Å². The lowest BCUT2D eigenvalue weighted by molar-refractivity contribution is 0.568. The molecule has 1 aromatic carbocycles. The Labute approximate surface area is 85.5 Å². The second-order valence-electron chi connectivity index (χ2n) is 4.63. The Morgan fingerprint density at radius 2 is 1.86 bits per heavy atom. The minimum Gasteiger partial charge on any atom is -0.207 e. The summed E-state index contributed by atoms with van der Waals surface area (Å²) in [6, 6.07) is 3.62. The molecule has 0 N–H and O–H groups in total. The molecular formula is C13H17F. The quantitative estimate of drug-likeness (QED) is 0.629. The zero-order valence-electron chi connectivity index (χ0n) is 9.32. The van der Waals surface area contributed by atoms with Crippen LogP contribution in [0, 0.1) is 12.7 Å². The molecule has 0 nitrogen and oxygen atoms in total. The van der Waals surface area contributed by atoms with Gasteiger partial charge in [-0.05, 0) is 35.1 Å². The van der Waals surface area contributed by atoms with Crippen molar-refractivity contribution in [3.63, 3.8) is 0 Å². The van der Waals surface area contributed by atoms with Crippen LogP contribution < -0.4 is 0 Å². The summed E-state index contributed by atoms with van der Waals surface area (Å²) in [6.45, 7) is 11.7. The summed E-state index contributed by atoms with van der Waals surface area (Å²) in [5.74, 6) is -0.146. The van der Waals surface area contributed by atoms with E-state index >= 15 is 0 Å². The zero-order chi connectivity index (χ0) is 10.9. The van der Waals surface area contributed by atoms with Gasteiger partial charge in [-0.3, -0.25) is 0 Å². The van der Waals surface area contributed by atoms with E-state index in [1.165, 1.54) is 0 Å². The molecule has 0 spiro atoms. The van der Waals surface area contributed by atoms with E-state index in [0.29, 0.717) is 5.56 Å². The fourth-order valence-electron chi connectivity index (χ4n) is 1.35. The van der Waals surface area contributed by atoms with Crippen LogP contribution in [0.2, 0.25) is 0 Å². The topological polar surface area (TPSA) is 0 Å². The third-order valence-electron chi connectivity index (χ3n) is 2.47. The zero-order valence-corrected chi connectivity index (χ0v) is 9.32. The maximum absolute atomic E-state index is 13.5. The highest BCUT2D eigenvalue weighted by Crippen LogP contribution is 2.26. The molecule has 0 bridgehead atoms. The van der Waals surface area contributed by atoms with Crippen molar-refractivity contribution in [2.24, 2.45) is 0 Å². The van der Waals surface area contributed by atoms with Crippen molar-refractivity contribution in [2.75, 3.05) is 0 Å². The Balaban J connectivity index is 3.37. The molecule has 14 heavy (non-hydrogen) atoms. The van der Waals surface area contributed by atoms with Gasteiger partial charge in [0.25, 0.3) is 0 Å². The number of hydrogen-bond acceptors (Lipinski definition) is 0. The summed E-state index contributed by atoms with van der Waals surface area (Å²) in [5.41, 5.74) is 2.55. The predicted molar refractivity (Wildman–Crippen MR) is 59.9 cm³/mol. The largest absolute Gasteiger partial charge is 0.207 e. The smallest absolute Gasteiger partial charge is 0.127 e. The van der Waals surface area contributed by atoms with Gasteiger partial charge in [0, 0.05) is 0 Å². The normalized spacial score (nSPS) is 11.5. The van der Waals surface area contributed by atoms with Crippen molar-refractivity contribution in [3.05, 3.63) is 41.2 Å². The number of rotatable bonds is 1. The summed E-state index contributed by atoms with van der Waals surface area (Å²) in [7, 11) is 0. The van der Waals surface area contributed by atoms with Crippen LogP contribution in [0.3, 0.4) is 0 Å². The first kappa shape index (κ1) is 11.0. The molecule has 0 heterocycles. The molecular weight excluding hydrogens is 175 g/mol. The average molecular weight is 192 g/mol. The first-order chi connectivity index (χ1) is 6.36. The van der Waals surface area contributed by atoms with Crippen molar-refractivity contribution in [3.8, 4) is 0 Å². The van der Waals surface area contributed by atoms with E-state index in [0.717, 1.165) is 11.1 Å². The van der Waals surface area contributed by atoms with Crippen LogP contribution in [0.15, 0.2) is 18.7 Å². The Kier molecular flexibility index (Phi) is 2.79. The number of hydrogen-bond donors (Lipinski definition) is 0. The molecule has 1 heteroatoms. The first-order valence-corrected chi connectivity index (χ1v) is 4.79. The van der Waals surface area contributed by atoms with Gasteiger partial charge < -0.3 is 0 Å². The lowest BCUT2D eigenvalue weighted by Crippen LogP contribution is -2.12. The van der Waals surface area contributed by atoms with E-state index in [4.69, 9.17) is 0 Å². The fourth-order valence-corrected chi connectivity index (χ4v) is 1.35. The molecule has 1 aromatic rings. The van der Waals surface area contributed by atoms with Crippen LogP contribution >= 0.6 is 0 Å². The molecule has 0 amide bonds. The minimum absolute atomic E-state index is 0.0215. The molecule has 0 aliphatic carbocycles. The van der Waals surface area contributed by atoms with Gasteiger partial charge in [-0.25, -0.2) is 4.39 Å². The summed E-state index contributed by atoms with van der Waals surface area (Å²) < 4.78 is 13.5. The summed E-state index contributed by atoms with van der Waals surface area (Å²) in [5, 5.41) is 0. The molecule has 0 aliphatic heterocycles. The molecule has 0 fully saturated rings. The Morgan fingerprint density at radius 3 is 2.29 bits per heavy atom. The van der Waals surface area contributed by atoms with Crippen LogP contribution in [-0.2, 0) is 5.41 Å². The van der Waals surface area contributed by atoms with Crippen molar-refractivity contribution in [1.29, 1.82) is 0 Å². The van der Waals surface area contributed by atoms with E-state index in [9.17, 15) is 4.39 Å². The van der Waals surface area contributed by atoms with E-state index in [-0.39, 0.29) is 11.2 Å². The van der Waals surface area contributed by atoms with Gasteiger partial charge in [-0.15, -0.1) is 0 Å². The number of halogens is 1. The van der Waals surface area contributed by atoms with Gasteiger partial charge in [0.2, 0.25) is 0 Å². The van der Waals surface area contributed by atoms with Gasteiger partial charge in [0.05, 0.1) is 0 Å². The Hall–Kier alpha value is -1.11. The SMILES string of the molecule is C=Cc1cc(C(C)(C)C)cc(F)c1C. The molecule has 76 valence electrons. The molecule has 0 unspecified atom stereocenters. The Morgan fingerprint density at radius 1 is 1.29 bits per heavy atom. The van der Waals surface area contributed by atoms with E-state index in [1.807, 2.05) is 6.07 Å². The van der Waals surface area contributed by atoms with Crippen molar-refractivity contribution in [1.82, 2.24) is 0 Å². The monoisotopic (exact) mass is 192 g/mol. The second kappa shape index (κ2) is 3.56. The minimum atomic E-state index is -0.146. The van der Waals surface area contributed by atoms with E-state index < -0.39 is 0 Å². The highest BCUT2D eigenvalue weighted by molar-refractivity contribution is 5.54. The highest BCUT2D eigenvalue weighted by Gasteiger charge is 2.16. The van der Waals surface area contributed by atoms with Gasteiger partial charge in [-0.1, -0.05) is 39.5 Å². The standard InChI is InChI=1S/C13H17F/c1-6-10-7-11(13(3,4)5)8-12(14)9(10)2/h6-8H,1H2,2-5H3.